The van der Waals surface area contributed by atoms with E-state index in [9.17, 15) is 14.7 Å². The first kappa shape index (κ1) is 18.4. The van der Waals surface area contributed by atoms with E-state index in [1.807, 2.05) is 23.3 Å². The highest BCUT2D eigenvalue weighted by Gasteiger charge is 2.28. The van der Waals surface area contributed by atoms with Crippen LogP contribution in [0.4, 0.5) is 5.82 Å². The molecule has 26 heavy (non-hydrogen) atoms. The summed E-state index contributed by atoms with van der Waals surface area (Å²) < 4.78 is 5.10. The number of carbonyl (C=O) groups is 2. The summed E-state index contributed by atoms with van der Waals surface area (Å²) >= 11 is 1.59. The molecule has 0 unspecified atom stereocenters. The number of aromatic carboxylic acids is 1. The van der Waals surface area contributed by atoms with E-state index >= 15 is 0 Å². The van der Waals surface area contributed by atoms with Crippen molar-refractivity contribution in [1.82, 2.24) is 4.98 Å². The van der Waals surface area contributed by atoms with Crippen molar-refractivity contribution in [1.29, 1.82) is 0 Å². The first-order chi connectivity index (χ1) is 12.5. The summed E-state index contributed by atoms with van der Waals surface area (Å²) in [6.07, 6.45) is 1.28. The number of nitrogens with zero attached hydrogens (tertiary/aromatic N) is 2. The van der Waals surface area contributed by atoms with E-state index in [4.69, 9.17) is 4.74 Å². The average Bonchev–Trinajstić information content (AvgIpc) is 3.08. The number of carboxylic acid groups (broad SMARTS) is 1. The highest BCUT2D eigenvalue weighted by Crippen LogP contribution is 2.31. The van der Waals surface area contributed by atoms with Crippen molar-refractivity contribution >= 4 is 29.1 Å². The molecule has 1 saturated heterocycles. The lowest BCUT2D eigenvalue weighted by Crippen LogP contribution is -2.38. The molecule has 0 saturated carbocycles. The quantitative estimate of drug-likeness (QED) is 0.806. The maximum Gasteiger partial charge on any atom is 0.339 e. The van der Waals surface area contributed by atoms with Gasteiger partial charge in [0.25, 0.3) is 0 Å². The van der Waals surface area contributed by atoms with Crippen LogP contribution in [-0.2, 0) is 9.53 Å². The number of esters is 1. The third kappa shape index (κ3) is 3.88. The monoisotopic (exact) mass is 374 g/mol. The lowest BCUT2D eigenvalue weighted by molar-refractivity contribution is -0.148. The molecule has 1 fully saturated rings. The summed E-state index contributed by atoms with van der Waals surface area (Å²) in [5, 5.41) is 11.6. The van der Waals surface area contributed by atoms with Gasteiger partial charge in [0.05, 0.1) is 23.1 Å². The minimum absolute atomic E-state index is 0.123. The summed E-state index contributed by atoms with van der Waals surface area (Å²) in [5.74, 6) is -0.804. The van der Waals surface area contributed by atoms with Gasteiger partial charge in [-0.2, -0.15) is 0 Å². The number of hydrogen-bond acceptors (Lipinski definition) is 6. The van der Waals surface area contributed by atoms with Crippen LogP contribution in [0, 0.1) is 12.8 Å². The van der Waals surface area contributed by atoms with Crippen molar-refractivity contribution in [2.75, 3.05) is 24.6 Å². The molecule has 138 valence electrons. The number of rotatable bonds is 5. The van der Waals surface area contributed by atoms with E-state index in [1.54, 1.807) is 30.4 Å². The number of carboxylic acids is 1. The second kappa shape index (κ2) is 7.86. The molecule has 2 aromatic heterocycles. The molecule has 0 bridgehead atoms. The van der Waals surface area contributed by atoms with Gasteiger partial charge >= 0.3 is 11.9 Å². The Kier molecular flexibility index (Phi) is 5.56. The van der Waals surface area contributed by atoms with Crippen LogP contribution in [0.1, 0.15) is 35.7 Å². The van der Waals surface area contributed by atoms with Gasteiger partial charge in [0.2, 0.25) is 0 Å². The van der Waals surface area contributed by atoms with Gasteiger partial charge in [0, 0.05) is 13.1 Å². The Morgan fingerprint density at radius 2 is 2.08 bits per heavy atom. The maximum atomic E-state index is 11.9. The smallest absolute Gasteiger partial charge is 0.339 e. The third-order valence-corrected chi connectivity index (χ3v) is 5.57. The number of piperidine rings is 1. The molecule has 0 amide bonds. The van der Waals surface area contributed by atoms with Gasteiger partial charge in [0.1, 0.15) is 11.4 Å². The molecule has 1 N–H and O–H groups in total. The normalized spacial score (nSPS) is 15.1. The van der Waals surface area contributed by atoms with Gasteiger partial charge in [-0.25, -0.2) is 9.78 Å². The predicted octanol–water partition coefficient (Wildman–Crippen LogP) is 3.60. The topological polar surface area (TPSA) is 79.7 Å². The first-order valence-corrected chi connectivity index (χ1v) is 9.59. The fourth-order valence-electron chi connectivity index (χ4n) is 3.15. The van der Waals surface area contributed by atoms with E-state index < -0.39 is 5.97 Å². The Balaban J connectivity index is 1.84. The third-order valence-electron chi connectivity index (χ3n) is 4.50. The van der Waals surface area contributed by atoms with Gasteiger partial charge < -0.3 is 14.7 Å². The Labute approximate surface area is 156 Å². The molecular weight excluding hydrogens is 352 g/mol. The standard InChI is InChI=1S/C19H22N2O4S/c1-3-25-19(24)13-6-8-21(9-7-13)17-14(18(22)23)4-5-15(20-17)16-10-12(2)11-26-16/h4-5,10-11,13H,3,6-9H2,1-2H3,(H,22,23). The van der Waals surface area contributed by atoms with Crippen LogP contribution in [0.2, 0.25) is 0 Å². The zero-order valence-corrected chi connectivity index (χ0v) is 15.7. The molecule has 6 nitrogen and oxygen atoms in total. The van der Waals surface area contributed by atoms with Crippen LogP contribution >= 0.6 is 11.3 Å². The Hall–Kier alpha value is -2.41. The fraction of sp³-hybridized carbons (Fsp3) is 0.421. The molecule has 0 radical (unpaired) electrons. The molecule has 1 aliphatic rings. The van der Waals surface area contributed by atoms with E-state index in [2.05, 4.69) is 4.98 Å². The lowest BCUT2D eigenvalue weighted by atomic mass is 9.96. The summed E-state index contributed by atoms with van der Waals surface area (Å²) in [6, 6.07) is 5.42. The second-order valence-electron chi connectivity index (χ2n) is 6.37. The molecule has 0 aromatic carbocycles. The molecule has 0 aliphatic carbocycles. The number of aryl methyl sites for hydroxylation is 1. The number of anilines is 1. The minimum atomic E-state index is -0.992. The highest BCUT2D eigenvalue weighted by molar-refractivity contribution is 7.13. The van der Waals surface area contributed by atoms with Crippen molar-refractivity contribution < 1.29 is 19.4 Å². The summed E-state index contributed by atoms with van der Waals surface area (Å²) in [7, 11) is 0. The van der Waals surface area contributed by atoms with Crippen LogP contribution < -0.4 is 4.90 Å². The Bertz CT molecular complexity index is 810. The SMILES string of the molecule is CCOC(=O)C1CCN(c2nc(-c3cc(C)cs3)ccc2C(=O)O)CC1. The van der Waals surface area contributed by atoms with E-state index in [0.717, 1.165) is 16.1 Å². The summed E-state index contributed by atoms with van der Waals surface area (Å²) in [4.78, 5) is 31.2. The molecule has 1 aliphatic heterocycles. The molecular formula is C19H22N2O4S. The minimum Gasteiger partial charge on any atom is -0.478 e. The van der Waals surface area contributed by atoms with Crippen LogP contribution in [0.5, 0.6) is 0 Å². The number of aromatic nitrogens is 1. The van der Waals surface area contributed by atoms with E-state index in [0.29, 0.717) is 38.4 Å². The summed E-state index contributed by atoms with van der Waals surface area (Å²) in [6.45, 7) is 5.37. The van der Waals surface area contributed by atoms with Gasteiger partial charge in [0.15, 0.2) is 0 Å². The highest BCUT2D eigenvalue weighted by atomic mass is 32.1. The largest absolute Gasteiger partial charge is 0.478 e. The zero-order valence-electron chi connectivity index (χ0n) is 14.9. The van der Waals surface area contributed by atoms with Crippen molar-refractivity contribution in [2.45, 2.75) is 26.7 Å². The zero-order chi connectivity index (χ0) is 18.7. The molecule has 3 rings (SSSR count). The second-order valence-corrected chi connectivity index (χ2v) is 7.29. The Morgan fingerprint density at radius 3 is 2.65 bits per heavy atom. The molecule has 2 aromatic rings. The van der Waals surface area contributed by atoms with Crippen molar-refractivity contribution in [2.24, 2.45) is 5.92 Å². The van der Waals surface area contributed by atoms with E-state index in [1.165, 1.54) is 0 Å². The predicted molar refractivity (Wildman–Crippen MR) is 101 cm³/mol. The number of carbonyl (C=O) groups excluding carboxylic acids is 1. The lowest BCUT2D eigenvalue weighted by Gasteiger charge is -2.32. The number of pyridine rings is 1. The van der Waals surface area contributed by atoms with Crippen LogP contribution in [0.15, 0.2) is 23.6 Å². The molecule has 0 atom stereocenters. The van der Waals surface area contributed by atoms with E-state index in [-0.39, 0.29) is 17.5 Å². The van der Waals surface area contributed by atoms with Crippen molar-refractivity contribution in [3.8, 4) is 10.6 Å². The van der Waals surface area contributed by atoms with Crippen molar-refractivity contribution in [3.05, 3.63) is 34.7 Å². The maximum absolute atomic E-state index is 11.9. The number of ether oxygens (including phenoxy) is 1. The van der Waals surface area contributed by atoms with Gasteiger partial charge in [-0.1, -0.05) is 0 Å². The number of thiophene rings is 1. The average molecular weight is 374 g/mol. The van der Waals surface area contributed by atoms with Crippen molar-refractivity contribution in [3.63, 3.8) is 0 Å². The van der Waals surface area contributed by atoms with Crippen LogP contribution in [-0.4, -0.2) is 41.7 Å². The van der Waals surface area contributed by atoms with Gasteiger partial charge in [-0.3, -0.25) is 4.79 Å². The molecule has 3 heterocycles. The number of hydrogen-bond donors (Lipinski definition) is 1. The summed E-state index contributed by atoms with van der Waals surface area (Å²) in [5.41, 5.74) is 2.12. The molecule has 0 spiro atoms. The van der Waals surface area contributed by atoms with Gasteiger partial charge in [-0.05, 0) is 55.8 Å². The first-order valence-electron chi connectivity index (χ1n) is 8.71. The fourth-order valence-corrected chi connectivity index (χ4v) is 4.02. The van der Waals surface area contributed by atoms with Gasteiger partial charge in [-0.15, -0.1) is 11.3 Å². The van der Waals surface area contributed by atoms with Crippen LogP contribution in [0.25, 0.3) is 10.6 Å². The van der Waals surface area contributed by atoms with Crippen LogP contribution in [0.3, 0.4) is 0 Å². The molecule has 7 heteroatoms. The Morgan fingerprint density at radius 1 is 1.35 bits per heavy atom.